The molecule has 0 aliphatic rings. The zero-order chi connectivity index (χ0) is 15.1. The minimum Gasteiger partial charge on any atom is -0.387 e. The molecule has 0 bridgehead atoms. The van der Waals surface area contributed by atoms with Gasteiger partial charge in [0.05, 0.1) is 17.7 Å². The normalized spacial score (nSPS) is 13.4. The third-order valence-electron chi connectivity index (χ3n) is 3.58. The van der Waals surface area contributed by atoms with E-state index in [-0.39, 0.29) is 0 Å². The fraction of sp³-hybridized carbons (Fsp3) is 0.278. The van der Waals surface area contributed by atoms with E-state index in [1.807, 2.05) is 18.2 Å². The largest absolute Gasteiger partial charge is 0.387 e. The Labute approximate surface area is 125 Å². The Hall–Kier alpha value is -2.15. The summed E-state index contributed by atoms with van der Waals surface area (Å²) in [6.07, 6.45) is -0.555. The SMILES string of the molecule is CC(CNCC(O)c1ccc(C#N)cc1)c1ccccc1. The molecular formula is C18H20N2O. The maximum absolute atomic E-state index is 10.1. The van der Waals surface area contributed by atoms with Crippen LogP contribution in [0.2, 0.25) is 0 Å². The minimum absolute atomic E-state index is 0.402. The van der Waals surface area contributed by atoms with Gasteiger partial charge in [-0.1, -0.05) is 49.4 Å². The summed E-state index contributed by atoms with van der Waals surface area (Å²) in [5.74, 6) is 0.402. The zero-order valence-corrected chi connectivity index (χ0v) is 12.2. The van der Waals surface area contributed by atoms with Crippen molar-refractivity contribution >= 4 is 0 Å². The van der Waals surface area contributed by atoms with Crippen molar-refractivity contribution in [3.05, 3.63) is 71.3 Å². The number of nitrogens with zero attached hydrogens (tertiary/aromatic N) is 1. The van der Waals surface area contributed by atoms with Crippen molar-refractivity contribution in [3.63, 3.8) is 0 Å². The highest BCUT2D eigenvalue weighted by atomic mass is 16.3. The van der Waals surface area contributed by atoms with Crippen LogP contribution in [0.4, 0.5) is 0 Å². The summed E-state index contributed by atoms with van der Waals surface area (Å²) in [5, 5.41) is 22.2. The van der Waals surface area contributed by atoms with Crippen molar-refractivity contribution in [2.75, 3.05) is 13.1 Å². The van der Waals surface area contributed by atoms with Crippen molar-refractivity contribution in [1.29, 1.82) is 5.26 Å². The Balaban J connectivity index is 1.81. The average Bonchev–Trinajstić information content (AvgIpc) is 2.55. The van der Waals surface area contributed by atoms with Gasteiger partial charge in [0.1, 0.15) is 0 Å². The molecule has 2 atom stereocenters. The number of hydrogen-bond donors (Lipinski definition) is 2. The third-order valence-corrected chi connectivity index (χ3v) is 3.58. The molecule has 0 amide bonds. The summed E-state index contributed by atoms with van der Waals surface area (Å²) in [4.78, 5) is 0. The van der Waals surface area contributed by atoms with E-state index in [4.69, 9.17) is 5.26 Å². The Morgan fingerprint density at radius 2 is 1.67 bits per heavy atom. The first-order valence-corrected chi connectivity index (χ1v) is 7.14. The van der Waals surface area contributed by atoms with Gasteiger partial charge in [-0.25, -0.2) is 0 Å². The monoisotopic (exact) mass is 280 g/mol. The summed E-state index contributed by atoms with van der Waals surface area (Å²) in [6.45, 7) is 3.48. The quantitative estimate of drug-likeness (QED) is 0.855. The molecule has 0 spiro atoms. The van der Waals surface area contributed by atoms with E-state index < -0.39 is 6.10 Å². The molecule has 0 aliphatic heterocycles. The molecule has 0 heterocycles. The standard InChI is InChI=1S/C18H20N2O/c1-14(16-5-3-2-4-6-16)12-20-13-18(21)17-9-7-15(11-19)8-10-17/h2-10,14,18,20-21H,12-13H2,1H3. The molecule has 0 saturated heterocycles. The van der Waals surface area contributed by atoms with Crippen LogP contribution in [0.1, 0.15) is 35.6 Å². The predicted octanol–water partition coefficient (Wildman–Crippen LogP) is 2.98. The molecule has 0 aromatic heterocycles. The maximum atomic E-state index is 10.1. The van der Waals surface area contributed by atoms with E-state index in [0.717, 1.165) is 12.1 Å². The van der Waals surface area contributed by atoms with Crippen LogP contribution in [-0.2, 0) is 0 Å². The lowest BCUT2D eigenvalue weighted by atomic mass is 10.0. The molecule has 2 N–H and O–H groups in total. The van der Waals surface area contributed by atoms with E-state index in [0.29, 0.717) is 18.0 Å². The van der Waals surface area contributed by atoms with Crippen molar-refractivity contribution in [3.8, 4) is 6.07 Å². The number of benzene rings is 2. The molecule has 0 saturated carbocycles. The van der Waals surface area contributed by atoms with E-state index in [2.05, 4.69) is 30.4 Å². The maximum Gasteiger partial charge on any atom is 0.0991 e. The average molecular weight is 280 g/mol. The van der Waals surface area contributed by atoms with E-state index in [9.17, 15) is 5.11 Å². The number of nitriles is 1. The topological polar surface area (TPSA) is 56.0 Å². The van der Waals surface area contributed by atoms with Crippen LogP contribution in [0.25, 0.3) is 0 Å². The Kier molecular flexibility index (Phi) is 5.51. The van der Waals surface area contributed by atoms with E-state index in [1.165, 1.54) is 5.56 Å². The third kappa shape index (κ3) is 4.42. The number of aliphatic hydroxyl groups excluding tert-OH is 1. The van der Waals surface area contributed by atoms with Gasteiger partial charge in [-0.2, -0.15) is 5.26 Å². The van der Waals surface area contributed by atoms with Crippen molar-refractivity contribution in [1.82, 2.24) is 5.32 Å². The Bertz CT molecular complexity index is 587. The van der Waals surface area contributed by atoms with Gasteiger partial charge in [0, 0.05) is 13.1 Å². The molecule has 3 nitrogen and oxygen atoms in total. The second-order valence-electron chi connectivity index (χ2n) is 5.22. The Morgan fingerprint density at radius 3 is 2.29 bits per heavy atom. The zero-order valence-electron chi connectivity index (χ0n) is 12.2. The summed E-state index contributed by atoms with van der Waals surface area (Å²) >= 11 is 0. The van der Waals surface area contributed by atoms with Gasteiger partial charge in [0.15, 0.2) is 0 Å². The lowest BCUT2D eigenvalue weighted by Crippen LogP contribution is -2.25. The molecule has 3 heteroatoms. The Morgan fingerprint density at radius 1 is 1.00 bits per heavy atom. The smallest absolute Gasteiger partial charge is 0.0991 e. The fourth-order valence-corrected chi connectivity index (χ4v) is 2.23. The predicted molar refractivity (Wildman–Crippen MR) is 83.8 cm³/mol. The van der Waals surface area contributed by atoms with Crippen molar-refractivity contribution in [2.24, 2.45) is 0 Å². The van der Waals surface area contributed by atoms with Gasteiger partial charge >= 0.3 is 0 Å². The highest BCUT2D eigenvalue weighted by Crippen LogP contribution is 2.15. The second-order valence-corrected chi connectivity index (χ2v) is 5.22. The van der Waals surface area contributed by atoms with Crippen LogP contribution in [0.15, 0.2) is 54.6 Å². The van der Waals surface area contributed by atoms with Crippen LogP contribution < -0.4 is 5.32 Å². The molecule has 21 heavy (non-hydrogen) atoms. The fourth-order valence-electron chi connectivity index (χ4n) is 2.23. The number of hydrogen-bond acceptors (Lipinski definition) is 3. The molecule has 2 rings (SSSR count). The lowest BCUT2D eigenvalue weighted by Gasteiger charge is -2.16. The summed E-state index contributed by atoms with van der Waals surface area (Å²) in [7, 11) is 0. The first kappa shape index (κ1) is 15.2. The van der Waals surface area contributed by atoms with Crippen LogP contribution >= 0.6 is 0 Å². The van der Waals surface area contributed by atoms with Crippen molar-refractivity contribution < 1.29 is 5.11 Å². The van der Waals surface area contributed by atoms with Crippen LogP contribution in [0, 0.1) is 11.3 Å². The van der Waals surface area contributed by atoms with E-state index in [1.54, 1.807) is 24.3 Å². The molecule has 2 unspecified atom stereocenters. The van der Waals surface area contributed by atoms with Gasteiger partial charge < -0.3 is 10.4 Å². The number of nitrogens with one attached hydrogen (secondary N) is 1. The van der Waals surface area contributed by atoms with Crippen LogP contribution in [0.3, 0.4) is 0 Å². The highest BCUT2D eigenvalue weighted by molar-refractivity contribution is 5.32. The minimum atomic E-state index is -0.555. The van der Waals surface area contributed by atoms with Gasteiger partial charge in [-0.15, -0.1) is 0 Å². The van der Waals surface area contributed by atoms with Crippen LogP contribution in [-0.4, -0.2) is 18.2 Å². The van der Waals surface area contributed by atoms with Gasteiger partial charge in [-0.3, -0.25) is 0 Å². The van der Waals surface area contributed by atoms with Crippen LogP contribution in [0.5, 0.6) is 0 Å². The highest BCUT2D eigenvalue weighted by Gasteiger charge is 2.09. The second kappa shape index (κ2) is 7.58. The van der Waals surface area contributed by atoms with E-state index >= 15 is 0 Å². The summed E-state index contributed by atoms with van der Waals surface area (Å²) in [6, 6.07) is 19.4. The van der Waals surface area contributed by atoms with Crippen molar-refractivity contribution in [2.45, 2.75) is 18.9 Å². The first-order valence-electron chi connectivity index (χ1n) is 7.14. The molecule has 2 aromatic rings. The lowest BCUT2D eigenvalue weighted by molar-refractivity contribution is 0.174. The summed E-state index contributed by atoms with van der Waals surface area (Å²) < 4.78 is 0. The van der Waals surface area contributed by atoms with Gasteiger partial charge in [-0.05, 0) is 29.2 Å². The molecule has 108 valence electrons. The van der Waals surface area contributed by atoms with Gasteiger partial charge in [0.2, 0.25) is 0 Å². The molecule has 0 fully saturated rings. The number of rotatable bonds is 6. The van der Waals surface area contributed by atoms with Gasteiger partial charge in [0.25, 0.3) is 0 Å². The first-order chi connectivity index (χ1) is 10.2. The molecule has 0 aliphatic carbocycles. The number of aliphatic hydroxyl groups is 1. The molecule has 0 radical (unpaired) electrons. The summed E-state index contributed by atoms with van der Waals surface area (Å²) in [5.41, 5.74) is 2.73. The molecule has 2 aromatic carbocycles. The molecular weight excluding hydrogens is 260 g/mol.